The molecular formula is C13H26N2O4. The number of aliphatic hydroxyl groups is 1. The fraction of sp³-hybridized carbons (Fsp3) is 0.923. The molecule has 1 rings (SSSR count). The van der Waals surface area contributed by atoms with Crippen molar-refractivity contribution in [3.63, 3.8) is 0 Å². The van der Waals surface area contributed by atoms with Crippen molar-refractivity contribution in [2.75, 3.05) is 33.4 Å². The Hall–Kier alpha value is -0.690. The van der Waals surface area contributed by atoms with Crippen molar-refractivity contribution in [3.05, 3.63) is 0 Å². The van der Waals surface area contributed by atoms with Crippen LogP contribution in [-0.2, 0) is 9.53 Å². The van der Waals surface area contributed by atoms with Crippen LogP contribution in [-0.4, -0.2) is 72.6 Å². The highest BCUT2D eigenvalue weighted by Gasteiger charge is 2.31. The van der Waals surface area contributed by atoms with Gasteiger partial charge < -0.3 is 20.3 Å². The predicted molar refractivity (Wildman–Crippen MR) is 72.1 cm³/mol. The first-order valence-electron chi connectivity index (χ1n) is 6.87. The minimum Gasteiger partial charge on any atom is -0.480 e. The van der Waals surface area contributed by atoms with Crippen LogP contribution < -0.4 is 5.32 Å². The molecule has 0 radical (unpaired) electrons. The number of ether oxygens (including phenoxy) is 1. The van der Waals surface area contributed by atoms with Gasteiger partial charge in [-0.1, -0.05) is 6.92 Å². The van der Waals surface area contributed by atoms with Crippen molar-refractivity contribution in [2.24, 2.45) is 5.92 Å². The topological polar surface area (TPSA) is 82.0 Å². The number of nitrogens with zero attached hydrogens (tertiary/aromatic N) is 1. The molecular weight excluding hydrogens is 248 g/mol. The third-order valence-electron chi connectivity index (χ3n) is 3.92. The zero-order valence-corrected chi connectivity index (χ0v) is 12.0. The second-order valence-electron chi connectivity index (χ2n) is 5.28. The van der Waals surface area contributed by atoms with Gasteiger partial charge in [0.15, 0.2) is 0 Å². The molecule has 0 aliphatic carbocycles. The van der Waals surface area contributed by atoms with Gasteiger partial charge in [-0.05, 0) is 26.3 Å². The van der Waals surface area contributed by atoms with E-state index in [2.05, 4.69) is 5.32 Å². The molecule has 0 aromatic carbocycles. The summed E-state index contributed by atoms with van der Waals surface area (Å²) in [7, 11) is 1.79. The average Bonchev–Trinajstić information content (AvgIpc) is 2.43. The number of morpholine rings is 1. The first-order valence-corrected chi connectivity index (χ1v) is 6.87. The first-order chi connectivity index (χ1) is 8.97. The zero-order valence-electron chi connectivity index (χ0n) is 12.0. The van der Waals surface area contributed by atoms with Crippen LogP contribution >= 0.6 is 0 Å². The Morgan fingerprint density at radius 3 is 2.42 bits per heavy atom. The maximum atomic E-state index is 11.4. The van der Waals surface area contributed by atoms with Gasteiger partial charge in [-0.15, -0.1) is 0 Å². The van der Waals surface area contributed by atoms with Gasteiger partial charge >= 0.3 is 5.97 Å². The van der Waals surface area contributed by atoms with E-state index in [1.165, 1.54) is 0 Å². The molecule has 1 aliphatic rings. The molecule has 0 spiro atoms. The summed E-state index contributed by atoms with van der Waals surface area (Å²) in [6.45, 7) is 6.23. The van der Waals surface area contributed by atoms with E-state index >= 15 is 0 Å². The third kappa shape index (κ3) is 4.72. The van der Waals surface area contributed by atoms with E-state index in [0.717, 1.165) is 0 Å². The number of aliphatic carboxylic acids is 1. The van der Waals surface area contributed by atoms with Crippen LogP contribution in [0.15, 0.2) is 0 Å². The maximum Gasteiger partial charge on any atom is 0.320 e. The van der Waals surface area contributed by atoms with Gasteiger partial charge in [-0.3, -0.25) is 9.69 Å². The summed E-state index contributed by atoms with van der Waals surface area (Å²) in [6, 6.07) is -0.591. The van der Waals surface area contributed by atoms with Crippen molar-refractivity contribution < 1.29 is 19.7 Å². The minimum atomic E-state index is -0.821. The Balaban J connectivity index is 2.59. The highest BCUT2D eigenvalue weighted by molar-refractivity contribution is 5.73. The number of aliphatic hydroxyl groups excluding tert-OH is 1. The fourth-order valence-electron chi connectivity index (χ4n) is 2.45. The summed E-state index contributed by atoms with van der Waals surface area (Å²) in [5.41, 5.74) is 0. The number of hydrogen-bond donors (Lipinski definition) is 3. The molecule has 1 fully saturated rings. The lowest BCUT2D eigenvalue weighted by Crippen LogP contribution is -2.49. The van der Waals surface area contributed by atoms with E-state index in [4.69, 9.17) is 4.74 Å². The SMILES string of the molecule is CN[C@@H](C)[C@H](O)[C@H](C)CC(C(=O)O)N1CCOCC1. The first kappa shape index (κ1) is 16.4. The van der Waals surface area contributed by atoms with Crippen LogP contribution in [0.25, 0.3) is 0 Å². The summed E-state index contributed by atoms with van der Waals surface area (Å²) in [6.07, 6.45) is -0.101. The molecule has 112 valence electrons. The van der Waals surface area contributed by atoms with E-state index in [1.807, 2.05) is 18.7 Å². The second kappa shape index (κ2) is 7.79. The summed E-state index contributed by atoms with van der Waals surface area (Å²) >= 11 is 0. The summed E-state index contributed by atoms with van der Waals surface area (Å²) in [4.78, 5) is 13.3. The van der Waals surface area contributed by atoms with Crippen LogP contribution in [0.2, 0.25) is 0 Å². The van der Waals surface area contributed by atoms with Gasteiger partial charge in [-0.2, -0.15) is 0 Å². The van der Waals surface area contributed by atoms with Crippen LogP contribution in [0, 0.1) is 5.92 Å². The van der Waals surface area contributed by atoms with E-state index in [9.17, 15) is 15.0 Å². The van der Waals surface area contributed by atoms with E-state index in [-0.39, 0.29) is 12.0 Å². The molecule has 0 amide bonds. The molecule has 4 atom stereocenters. The smallest absolute Gasteiger partial charge is 0.320 e. The fourth-order valence-corrected chi connectivity index (χ4v) is 2.45. The van der Waals surface area contributed by atoms with Crippen molar-refractivity contribution >= 4 is 5.97 Å². The van der Waals surface area contributed by atoms with E-state index < -0.39 is 18.1 Å². The largest absolute Gasteiger partial charge is 0.480 e. The molecule has 1 heterocycles. The maximum absolute atomic E-state index is 11.4. The molecule has 1 unspecified atom stereocenters. The van der Waals surface area contributed by atoms with Gasteiger partial charge in [0.05, 0.1) is 19.3 Å². The number of rotatable bonds is 7. The molecule has 0 bridgehead atoms. The Morgan fingerprint density at radius 1 is 1.37 bits per heavy atom. The number of likely N-dealkylation sites (N-methyl/N-ethyl adjacent to an activating group) is 1. The Morgan fingerprint density at radius 2 is 1.95 bits per heavy atom. The summed E-state index contributed by atoms with van der Waals surface area (Å²) < 4.78 is 5.24. The van der Waals surface area contributed by atoms with Crippen LogP contribution in [0.5, 0.6) is 0 Å². The standard InChI is InChI=1S/C13H26N2O4/c1-9(12(16)10(2)14-3)8-11(13(17)18)15-4-6-19-7-5-15/h9-12,14,16H,4-8H2,1-3H3,(H,17,18)/t9-,10+,11?,12-/m1/s1. The highest BCUT2D eigenvalue weighted by atomic mass is 16.5. The Kier molecular flexibility index (Phi) is 6.71. The van der Waals surface area contributed by atoms with Crippen LogP contribution in [0.3, 0.4) is 0 Å². The highest BCUT2D eigenvalue weighted by Crippen LogP contribution is 2.18. The molecule has 1 aliphatic heterocycles. The quantitative estimate of drug-likeness (QED) is 0.595. The summed E-state index contributed by atoms with van der Waals surface area (Å²) in [5.74, 6) is -0.899. The normalized spacial score (nSPS) is 23.6. The second-order valence-corrected chi connectivity index (χ2v) is 5.28. The van der Waals surface area contributed by atoms with Crippen molar-refractivity contribution in [1.82, 2.24) is 10.2 Å². The minimum absolute atomic E-state index is 0.0471. The molecule has 19 heavy (non-hydrogen) atoms. The van der Waals surface area contributed by atoms with Crippen LogP contribution in [0.4, 0.5) is 0 Å². The molecule has 6 nitrogen and oxygen atoms in total. The van der Waals surface area contributed by atoms with Crippen molar-refractivity contribution in [1.29, 1.82) is 0 Å². The monoisotopic (exact) mass is 274 g/mol. The number of hydrogen-bond acceptors (Lipinski definition) is 5. The molecule has 1 saturated heterocycles. The number of carboxylic acids is 1. The number of carboxylic acid groups (broad SMARTS) is 1. The van der Waals surface area contributed by atoms with Crippen LogP contribution in [0.1, 0.15) is 20.3 Å². The number of carbonyl (C=O) groups is 1. The lowest BCUT2D eigenvalue weighted by molar-refractivity contribution is -0.146. The lowest BCUT2D eigenvalue weighted by atomic mass is 9.91. The molecule has 3 N–H and O–H groups in total. The molecule has 0 saturated carbocycles. The van der Waals surface area contributed by atoms with E-state index in [0.29, 0.717) is 32.7 Å². The van der Waals surface area contributed by atoms with Crippen molar-refractivity contribution in [3.8, 4) is 0 Å². The van der Waals surface area contributed by atoms with E-state index in [1.54, 1.807) is 7.05 Å². The van der Waals surface area contributed by atoms with Gasteiger partial charge in [0.2, 0.25) is 0 Å². The Bertz CT molecular complexity index is 282. The van der Waals surface area contributed by atoms with Gasteiger partial charge in [0, 0.05) is 19.1 Å². The van der Waals surface area contributed by atoms with Crippen molar-refractivity contribution in [2.45, 2.75) is 38.5 Å². The third-order valence-corrected chi connectivity index (χ3v) is 3.92. The molecule has 0 aromatic rings. The van der Waals surface area contributed by atoms with Gasteiger partial charge in [0.1, 0.15) is 6.04 Å². The van der Waals surface area contributed by atoms with Gasteiger partial charge in [-0.25, -0.2) is 0 Å². The average molecular weight is 274 g/mol. The lowest BCUT2D eigenvalue weighted by Gasteiger charge is -2.34. The van der Waals surface area contributed by atoms with Gasteiger partial charge in [0.25, 0.3) is 0 Å². The number of nitrogens with one attached hydrogen (secondary N) is 1. The Labute approximate surface area is 114 Å². The molecule has 0 aromatic heterocycles. The summed E-state index contributed by atoms with van der Waals surface area (Å²) in [5, 5.41) is 22.5. The predicted octanol–water partition coefficient (Wildman–Crippen LogP) is -0.233. The zero-order chi connectivity index (χ0) is 14.4. The molecule has 6 heteroatoms.